The standard InChI is InChI=1S/C30H28N2O6S/c1-6-38-19-12-10-18(11-13-19)26(33)23-25(20-8-7-9-21(36-4)28(20)37-5)32(29(35)27(23)34)30-31-24-17(3)14-16(2)15-22(24)39-30/h7-15,25,33H,6H2,1-5H3/t25-/m0/s1. The highest BCUT2D eigenvalue weighted by molar-refractivity contribution is 7.22. The van der Waals surface area contributed by atoms with E-state index in [1.807, 2.05) is 32.9 Å². The minimum absolute atomic E-state index is 0.0668. The maximum absolute atomic E-state index is 13.7. The topological polar surface area (TPSA) is 98.2 Å². The van der Waals surface area contributed by atoms with Gasteiger partial charge in [-0.2, -0.15) is 0 Å². The number of aromatic nitrogens is 1. The number of ketones is 1. The summed E-state index contributed by atoms with van der Waals surface area (Å²) in [5.41, 5.74) is 3.58. The maximum atomic E-state index is 13.7. The molecule has 1 atom stereocenters. The quantitative estimate of drug-likeness (QED) is 0.174. The molecule has 0 spiro atoms. The molecular weight excluding hydrogens is 516 g/mol. The molecule has 1 amide bonds. The lowest BCUT2D eigenvalue weighted by Gasteiger charge is -2.25. The number of carbonyl (C=O) groups is 2. The first-order valence-electron chi connectivity index (χ1n) is 12.4. The van der Waals surface area contributed by atoms with Crippen molar-refractivity contribution in [3.8, 4) is 17.2 Å². The van der Waals surface area contributed by atoms with Crippen molar-refractivity contribution in [2.45, 2.75) is 26.8 Å². The molecule has 1 aliphatic rings. The molecule has 200 valence electrons. The summed E-state index contributed by atoms with van der Waals surface area (Å²) in [7, 11) is 3.00. The number of aliphatic hydroxyl groups excluding tert-OH is 1. The molecule has 0 bridgehead atoms. The second kappa shape index (κ2) is 10.4. The van der Waals surface area contributed by atoms with Crippen molar-refractivity contribution < 1.29 is 28.9 Å². The number of para-hydroxylation sites is 1. The van der Waals surface area contributed by atoms with Crippen LogP contribution in [0.2, 0.25) is 0 Å². The summed E-state index contributed by atoms with van der Waals surface area (Å²) in [6, 6.07) is 14.9. The van der Waals surface area contributed by atoms with Crippen molar-refractivity contribution >= 4 is 44.1 Å². The zero-order chi connectivity index (χ0) is 27.8. The zero-order valence-corrected chi connectivity index (χ0v) is 23.1. The highest BCUT2D eigenvalue weighted by Gasteiger charge is 2.49. The molecule has 1 saturated heterocycles. The summed E-state index contributed by atoms with van der Waals surface area (Å²) in [4.78, 5) is 33.4. The predicted octanol–water partition coefficient (Wildman–Crippen LogP) is 5.96. The molecule has 1 aromatic heterocycles. The molecule has 5 rings (SSSR count). The summed E-state index contributed by atoms with van der Waals surface area (Å²) >= 11 is 1.32. The van der Waals surface area contributed by atoms with Crippen LogP contribution >= 0.6 is 11.3 Å². The Morgan fingerprint density at radius 2 is 1.79 bits per heavy atom. The maximum Gasteiger partial charge on any atom is 0.301 e. The second-order valence-electron chi connectivity index (χ2n) is 9.13. The average molecular weight is 545 g/mol. The molecular formula is C30H28N2O6S. The van der Waals surface area contributed by atoms with Crippen molar-refractivity contribution in [3.05, 3.63) is 82.4 Å². The third-order valence-corrected chi connectivity index (χ3v) is 7.64. The van der Waals surface area contributed by atoms with E-state index < -0.39 is 17.7 Å². The number of amides is 1. The van der Waals surface area contributed by atoms with Gasteiger partial charge in [0.1, 0.15) is 17.6 Å². The van der Waals surface area contributed by atoms with Gasteiger partial charge < -0.3 is 19.3 Å². The number of carbonyl (C=O) groups excluding carboxylic acids is 2. The van der Waals surface area contributed by atoms with Gasteiger partial charge in [0.2, 0.25) is 0 Å². The Labute approximate surface area is 230 Å². The van der Waals surface area contributed by atoms with E-state index in [0.29, 0.717) is 40.1 Å². The Hall–Kier alpha value is -4.37. The lowest BCUT2D eigenvalue weighted by atomic mass is 9.94. The fourth-order valence-corrected chi connectivity index (χ4v) is 6.11. The number of methoxy groups -OCH3 is 2. The Morgan fingerprint density at radius 1 is 1.05 bits per heavy atom. The van der Waals surface area contributed by atoms with Crippen LogP contribution < -0.4 is 19.1 Å². The second-order valence-corrected chi connectivity index (χ2v) is 10.1. The van der Waals surface area contributed by atoms with Gasteiger partial charge in [0, 0.05) is 11.1 Å². The highest BCUT2D eigenvalue weighted by atomic mass is 32.1. The van der Waals surface area contributed by atoms with E-state index >= 15 is 0 Å². The van der Waals surface area contributed by atoms with Gasteiger partial charge in [0.25, 0.3) is 5.78 Å². The van der Waals surface area contributed by atoms with E-state index in [1.165, 1.54) is 30.5 Å². The first kappa shape index (κ1) is 26.2. The molecule has 8 nitrogen and oxygen atoms in total. The Bertz CT molecular complexity index is 1620. The Balaban J connectivity index is 1.76. The van der Waals surface area contributed by atoms with Crippen molar-refractivity contribution in [1.82, 2.24) is 4.98 Å². The van der Waals surface area contributed by atoms with Crippen LogP contribution in [0, 0.1) is 13.8 Å². The number of Topliss-reactive ketones (excluding diaryl/α,β-unsaturated/α-hetero) is 1. The van der Waals surface area contributed by atoms with Crippen LogP contribution in [0.1, 0.15) is 35.2 Å². The highest BCUT2D eigenvalue weighted by Crippen LogP contribution is 2.48. The van der Waals surface area contributed by atoms with Crippen LogP contribution in [0.3, 0.4) is 0 Å². The fraction of sp³-hybridized carbons (Fsp3) is 0.233. The number of thiazole rings is 1. The molecule has 3 aromatic carbocycles. The SMILES string of the molecule is CCOc1ccc(C(O)=C2C(=O)C(=O)N(c3nc4c(C)cc(C)cc4s3)[C@H]2c2cccc(OC)c2OC)cc1. The van der Waals surface area contributed by atoms with E-state index in [1.54, 1.807) is 42.5 Å². The lowest BCUT2D eigenvalue weighted by Crippen LogP contribution is -2.29. The molecule has 1 N–H and O–H groups in total. The van der Waals surface area contributed by atoms with Gasteiger partial charge in [-0.05, 0) is 68.3 Å². The number of ether oxygens (including phenoxy) is 3. The van der Waals surface area contributed by atoms with Crippen LogP contribution in [-0.4, -0.2) is 42.6 Å². The number of aliphatic hydroxyl groups is 1. The smallest absolute Gasteiger partial charge is 0.301 e. The normalized spacial score (nSPS) is 16.6. The van der Waals surface area contributed by atoms with Crippen molar-refractivity contribution in [3.63, 3.8) is 0 Å². The lowest BCUT2D eigenvalue weighted by molar-refractivity contribution is -0.132. The molecule has 0 radical (unpaired) electrons. The van der Waals surface area contributed by atoms with Crippen LogP contribution in [0.4, 0.5) is 5.13 Å². The van der Waals surface area contributed by atoms with Gasteiger partial charge >= 0.3 is 5.91 Å². The summed E-state index contributed by atoms with van der Waals surface area (Å²) in [6.45, 7) is 6.33. The van der Waals surface area contributed by atoms with Crippen molar-refractivity contribution in [2.75, 3.05) is 25.7 Å². The first-order valence-corrected chi connectivity index (χ1v) is 13.2. The molecule has 39 heavy (non-hydrogen) atoms. The van der Waals surface area contributed by atoms with E-state index in [2.05, 4.69) is 0 Å². The number of fused-ring (bicyclic) bond motifs is 1. The van der Waals surface area contributed by atoms with E-state index in [4.69, 9.17) is 19.2 Å². The first-order chi connectivity index (χ1) is 18.8. The summed E-state index contributed by atoms with van der Waals surface area (Å²) in [6.07, 6.45) is 0. The molecule has 2 heterocycles. The van der Waals surface area contributed by atoms with Gasteiger partial charge in [-0.15, -0.1) is 0 Å². The van der Waals surface area contributed by atoms with Gasteiger partial charge in [-0.25, -0.2) is 4.98 Å². The predicted molar refractivity (Wildman–Crippen MR) is 151 cm³/mol. The number of hydrogen-bond donors (Lipinski definition) is 1. The van der Waals surface area contributed by atoms with Crippen molar-refractivity contribution in [1.29, 1.82) is 0 Å². The Kier molecular flexibility index (Phi) is 7.01. The minimum Gasteiger partial charge on any atom is -0.507 e. The summed E-state index contributed by atoms with van der Waals surface area (Å²) < 4.78 is 17.6. The van der Waals surface area contributed by atoms with Crippen LogP contribution in [0.15, 0.2) is 60.2 Å². The number of benzene rings is 3. The minimum atomic E-state index is -1.01. The number of aryl methyl sites for hydroxylation is 2. The molecule has 1 fully saturated rings. The van der Waals surface area contributed by atoms with Crippen molar-refractivity contribution in [2.24, 2.45) is 0 Å². The molecule has 4 aromatic rings. The number of anilines is 1. The van der Waals surface area contributed by atoms with Crippen LogP contribution in [0.5, 0.6) is 17.2 Å². The molecule has 0 unspecified atom stereocenters. The third kappa shape index (κ3) is 4.48. The summed E-state index contributed by atoms with van der Waals surface area (Å²) in [5, 5.41) is 11.8. The van der Waals surface area contributed by atoms with Crippen LogP contribution in [-0.2, 0) is 9.59 Å². The third-order valence-electron chi connectivity index (χ3n) is 6.64. The van der Waals surface area contributed by atoms with Gasteiger partial charge in [0.05, 0.1) is 36.6 Å². The average Bonchev–Trinajstić information content (AvgIpc) is 3.46. The number of hydrogen-bond acceptors (Lipinski definition) is 8. The summed E-state index contributed by atoms with van der Waals surface area (Å²) in [5.74, 6) is -0.503. The molecule has 0 saturated carbocycles. The van der Waals surface area contributed by atoms with Gasteiger partial charge in [0.15, 0.2) is 16.6 Å². The van der Waals surface area contributed by atoms with Gasteiger partial charge in [-0.1, -0.05) is 29.5 Å². The number of nitrogens with zero attached hydrogens (tertiary/aromatic N) is 2. The molecule has 0 aliphatic carbocycles. The molecule has 9 heteroatoms. The largest absolute Gasteiger partial charge is 0.507 e. The van der Waals surface area contributed by atoms with E-state index in [0.717, 1.165) is 21.3 Å². The van der Waals surface area contributed by atoms with Gasteiger partial charge in [-0.3, -0.25) is 14.5 Å². The monoisotopic (exact) mass is 544 g/mol. The van der Waals surface area contributed by atoms with E-state index in [9.17, 15) is 14.7 Å². The fourth-order valence-electron chi connectivity index (χ4n) is 4.94. The van der Waals surface area contributed by atoms with Crippen LogP contribution in [0.25, 0.3) is 16.0 Å². The zero-order valence-electron chi connectivity index (χ0n) is 22.3. The number of rotatable bonds is 7. The Morgan fingerprint density at radius 3 is 2.46 bits per heavy atom. The molecule has 1 aliphatic heterocycles. The van der Waals surface area contributed by atoms with E-state index in [-0.39, 0.29) is 11.3 Å².